The summed E-state index contributed by atoms with van der Waals surface area (Å²) in [6.45, 7) is 5.70. The Bertz CT molecular complexity index is 828. The molecule has 7 heteroatoms. The number of fused-ring (bicyclic) bond motifs is 1. The van der Waals surface area contributed by atoms with Gasteiger partial charge in [0.15, 0.2) is 5.78 Å². The molecule has 1 heterocycles. The zero-order chi connectivity index (χ0) is 18.2. The Morgan fingerprint density at radius 3 is 2.68 bits per heavy atom. The number of nitrogens with zero attached hydrogens (tertiary/aromatic N) is 1. The molecule has 0 saturated carbocycles. The lowest BCUT2D eigenvalue weighted by molar-refractivity contribution is -0.115. The van der Waals surface area contributed by atoms with Gasteiger partial charge in [-0.2, -0.15) is 0 Å². The molecular weight excluding hydrogens is 338 g/mol. The minimum atomic E-state index is -3.42. The molecule has 1 aliphatic carbocycles. The van der Waals surface area contributed by atoms with Crippen LogP contribution in [0, 0.1) is 0 Å². The third-order valence-corrected chi connectivity index (χ3v) is 7.53. The van der Waals surface area contributed by atoms with Gasteiger partial charge in [0.05, 0.1) is 17.1 Å². The van der Waals surface area contributed by atoms with Crippen molar-refractivity contribution in [2.24, 2.45) is 0 Å². The van der Waals surface area contributed by atoms with Crippen molar-refractivity contribution in [1.82, 2.24) is 5.43 Å². The predicted molar refractivity (Wildman–Crippen MR) is 99.7 cm³/mol. The summed E-state index contributed by atoms with van der Waals surface area (Å²) in [6, 6.07) is 5.49. The quantitative estimate of drug-likeness (QED) is 0.804. The van der Waals surface area contributed by atoms with Crippen LogP contribution in [0.5, 0.6) is 0 Å². The summed E-state index contributed by atoms with van der Waals surface area (Å²) in [7, 11) is -3.42. The Kier molecular flexibility index (Phi) is 4.53. The highest BCUT2D eigenvalue weighted by Crippen LogP contribution is 2.47. The van der Waals surface area contributed by atoms with E-state index in [1.54, 1.807) is 13.8 Å². The van der Waals surface area contributed by atoms with E-state index in [-0.39, 0.29) is 5.78 Å². The third-order valence-electron chi connectivity index (χ3n) is 4.98. The van der Waals surface area contributed by atoms with Gasteiger partial charge in [0.25, 0.3) is 0 Å². The molecule has 0 saturated heterocycles. The van der Waals surface area contributed by atoms with Gasteiger partial charge < -0.3 is 5.43 Å². The average molecular weight is 363 g/mol. The molecule has 0 radical (unpaired) electrons. The summed E-state index contributed by atoms with van der Waals surface area (Å²) < 4.78 is 25.9. The summed E-state index contributed by atoms with van der Waals surface area (Å²) >= 11 is 0. The smallest absolute Gasteiger partial charge is 0.244 e. The second kappa shape index (κ2) is 6.37. The van der Waals surface area contributed by atoms with Crippen molar-refractivity contribution in [1.29, 1.82) is 0 Å². The first-order valence-corrected chi connectivity index (χ1v) is 10.1. The first-order chi connectivity index (χ1) is 11.8. The molecule has 1 aliphatic heterocycles. The van der Waals surface area contributed by atoms with E-state index in [0.717, 1.165) is 36.2 Å². The molecule has 1 aromatic carbocycles. The van der Waals surface area contributed by atoms with Crippen LogP contribution in [0.2, 0.25) is 0 Å². The second-order valence-corrected chi connectivity index (χ2v) is 9.36. The number of hydrazine groups is 1. The maximum atomic E-state index is 12.7. The topological polar surface area (TPSA) is 78.5 Å². The summed E-state index contributed by atoms with van der Waals surface area (Å²) in [4.78, 5) is 12.0. The number of hydrogen-bond acceptors (Lipinski definition) is 5. The van der Waals surface area contributed by atoms with E-state index >= 15 is 0 Å². The molecule has 0 atom stereocenters. The molecule has 6 nitrogen and oxygen atoms in total. The first kappa shape index (κ1) is 17.8. The minimum absolute atomic E-state index is 0.103. The first-order valence-electron chi connectivity index (χ1n) is 8.71. The number of Topliss-reactive ketones (excluding diaryl/α,β-unsaturated/α-hetero) is 1. The van der Waals surface area contributed by atoms with Crippen LogP contribution >= 0.6 is 0 Å². The maximum absolute atomic E-state index is 12.7. The molecule has 2 N–H and O–H groups in total. The van der Waals surface area contributed by atoms with E-state index < -0.39 is 14.8 Å². The van der Waals surface area contributed by atoms with Crippen molar-refractivity contribution in [3.05, 3.63) is 35.5 Å². The van der Waals surface area contributed by atoms with Gasteiger partial charge in [-0.25, -0.2) is 8.42 Å². The molecule has 0 unspecified atom stereocenters. The Balaban J connectivity index is 1.85. The Hall–Kier alpha value is -2.02. The summed E-state index contributed by atoms with van der Waals surface area (Å²) in [5.74, 6) is 0.103. The van der Waals surface area contributed by atoms with Gasteiger partial charge in [-0.05, 0) is 58.2 Å². The summed E-state index contributed by atoms with van der Waals surface area (Å²) in [5, 5.41) is 0. The largest absolute Gasteiger partial charge is 0.301 e. The summed E-state index contributed by atoms with van der Waals surface area (Å²) in [5.41, 5.74) is 8.85. The van der Waals surface area contributed by atoms with Crippen molar-refractivity contribution in [3.63, 3.8) is 0 Å². The van der Waals surface area contributed by atoms with E-state index in [0.29, 0.717) is 18.7 Å². The highest BCUT2D eigenvalue weighted by molar-refractivity contribution is 7.94. The molecule has 0 aromatic heterocycles. The Morgan fingerprint density at radius 2 is 1.96 bits per heavy atom. The molecular formula is C18H25N3O3S. The van der Waals surface area contributed by atoms with Gasteiger partial charge in [-0.3, -0.25) is 14.5 Å². The van der Waals surface area contributed by atoms with Gasteiger partial charge in [0.2, 0.25) is 10.0 Å². The zero-order valence-electron chi connectivity index (χ0n) is 14.9. The number of carbonyl (C=O) groups is 1. The Morgan fingerprint density at radius 1 is 1.20 bits per heavy atom. The number of rotatable bonds is 4. The van der Waals surface area contributed by atoms with Gasteiger partial charge >= 0.3 is 0 Å². The normalized spacial score (nSPS) is 21.3. The Labute approximate surface area is 149 Å². The van der Waals surface area contributed by atoms with Gasteiger partial charge in [-0.15, -0.1) is 0 Å². The van der Waals surface area contributed by atoms with E-state index in [1.165, 1.54) is 4.31 Å². The van der Waals surface area contributed by atoms with Crippen molar-refractivity contribution < 1.29 is 13.2 Å². The standard InChI is InChI=1S/C18H25N3O3S/c1-4-21-16-11-10-13(12-14(16)18(2,3)25(21,23)24)19-20-15-8-6-5-7-9-17(15)22/h8,10-12,19-20H,4-7,9H2,1-3H3. The molecule has 3 rings (SSSR count). The monoisotopic (exact) mass is 363 g/mol. The number of carbonyl (C=O) groups excluding carboxylic acids is 1. The van der Waals surface area contributed by atoms with Crippen LogP contribution in [0.15, 0.2) is 30.0 Å². The van der Waals surface area contributed by atoms with Crippen LogP contribution in [0.1, 0.15) is 52.0 Å². The molecule has 0 spiro atoms. The lowest BCUT2D eigenvalue weighted by atomic mass is 9.99. The van der Waals surface area contributed by atoms with Crippen LogP contribution < -0.4 is 15.2 Å². The number of benzene rings is 1. The SMILES string of the molecule is CCN1c2ccc(NNC3=CCCCCC3=O)cc2C(C)(C)S1(=O)=O. The lowest BCUT2D eigenvalue weighted by Gasteiger charge is -2.21. The number of anilines is 2. The molecule has 0 amide bonds. The molecule has 25 heavy (non-hydrogen) atoms. The number of sulfonamides is 1. The van der Waals surface area contributed by atoms with E-state index in [4.69, 9.17) is 0 Å². The predicted octanol–water partition coefficient (Wildman–Crippen LogP) is 3.03. The molecule has 136 valence electrons. The fraction of sp³-hybridized carbons (Fsp3) is 0.500. The average Bonchev–Trinajstić information content (AvgIpc) is 2.71. The molecule has 2 aliphatic rings. The van der Waals surface area contributed by atoms with E-state index in [2.05, 4.69) is 10.9 Å². The van der Waals surface area contributed by atoms with Crippen molar-refractivity contribution >= 4 is 27.2 Å². The highest BCUT2D eigenvalue weighted by atomic mass is 32.2. The minimum Gasteiger partial charge on any atom is -0.301 e. The van der Waals surface area contributed by atoms with Gasteiger partial charge in [0.1, 0.15) is 4.75 Å². The number of ketones is 1. The van der Waals surface area contributed by atoms with E-state index in [1.807, 2.05) is 31.2 Å². The summed E-state index contributed by atoms with van der Waals surface area (Å²) in [6.07, 6.45) is 5.30. The van der Waals surface area contributed by atoms with Crippen molar-refractivity contribution in [2.45, 2.75) is 51.2 Å². The van der Waals surface area contributed by atoms with E-state index in [9.17, 15) is 13.2 Å². The third kappa shape index (κ3) is 2.90. The fourth-order valence-corrected chi connectivity index (χ4v) is 5.13. The lowest BCUT2D eigenvalue weighted by Crippen LogP contribution is -2.35. The number of allylic oxidation sites excluding steroid dienone is 2. The second-order valence-electron chi connectivity index (χ2n) is 6.95. The van der Waals surface area contributed by atoms with Crippen LogP contribution in [0.3, 0.4) is 0 Å². The zero-order valence-corrected chi connectivity index (χ0v) is 15.7. The van der Waals surface area contributed by atoms with Crippen LogP contribution in [0.4, 0.5) is 11.4 Å². The highest BCUT2D eigenvalue weighted by Gasteiger charge is 2.49. The van der Waals surface area contributed by atoms with Gasteiger partial charge in [-0.1, -0.05) is 6.08 Å². The molecule has 0 fully saturated rings. The number of hydrogen-bond donors (Lipinski definition) is 2. The van der Waals surface area contributed by atoms with Crippen LogP contribution in [-0.4, -0.2) is 20.7 Å². The number of nitrogens with one attached hydrogen (secondary N) is 2. The fourth-order valence-electron chi connectivity index (χ4n) is 3.38. The maximum Gasteiger partial charge on any atom is 0.244 e. The van der Waals surface area contributed by atoms with Crippen molar-refractivity contribution in [2.75, 3.05) is 16.3 Å². The molecule has 0 bridgehead atoms. The van der Waals surface area contributed by atoms with Gasteiger partial charge in [0, 0.05) is 18.5 Å². The van der Waals surface area contributed by atoms with Crippen LogP contribution in [0.25, 0.3) is 0 Å². The van der Waals surface area contributed by atoms with Crippen LogP contribution in [-0.2, 0) is 19.6 Å². The van der Waals surface area contributed by atoms with Crippen molar-refractivity contribution in [3.8, 4) is 0 Å². The molecule has 1 aromatic rings.